The highest BCUT2D eigenvalue weighted by Gasteiger charge is 2.25. The predicted octanol–water partition coefficient (Wildman–Crippen LogP) is 3.60. The molecule has 4 N–H and O–H groups in total. The number of anilines is 3. The molecule has 2 aromatic carbocycles. The second-order valence-corrected chi connectivity index (χ2v) is 7.64. The largest absolute Gasteiger partial charge is 0.457 e. The number of amides is 2. The number of pyridine rings is 1. The quantitative estimate of drug-likeness (QED) is 0.459. The van der Waals surface area contributed by atoms with Crippen molar-refractivity contribution >= 4 is 29.1 Å². The van der Waals surface area contributed by atoms with Crippen molar-refractivity contribution in [3.63, 3.8) is 0 Å². The van der Waals surface area contributed by atoms with Crippen LogP contribution in [-0.4, -0.2) is 35.9 Å². The van der Waals surface area contributed by atoms with Crippen molar-refractivity contribution in [1.82, 2.24) is 10.3 Å². The normalized spacial score (nSPS) is 15.0. The topological polar surface area (TPSA) is 110 Å². The first kappa shape index (κ1) is 21.9. The van der Waals surface area contributed by atoms with Crippen molar-refractivity contribution < 1.29 is 14.3 Å². The van der Waals surface area contributed by atoms with E-state index in [1.54, 1.807) is 12.1 Å². The standard InChI is InChI=1S/C25H25N5O3/c1-2-23(31)27-18-14-15-30(16-18)22-13-12-21(24(26)32)25(29-22)28-17-8-10-20(11-9-17)33-19-6-4-3-5-7-19/h2-13,18H,1,14-16H2,(H2,26,32)(H,27,31)(H,28,29). The first-order valence-electron chi connectivity index (χ1n) is 10.6. The number of para-hydroxylation sites is 1. The van der Waals surface area contributed by atoms with Gasteiger partial charge in [0.15, 0.2) is 0 Å². The SMILES string of the molecule is C=CC(=O)NC1CCN(c2ccc(C(N)=O)c(Nc3ccc(Oc4ccccc4)cc3)n2)C1. The lowest BCUT2D eigenvalue weighted by molar-refractivity contribution is -0.117. The Balaban J connectivity index is 1.49. The maximum Gasteiger partial charge on any atom is 0.252 e. The maximum atomic E-state index is 12.0. The first-order chi connectivity index (χ1) is 16.0. The molecule has 1 atom stereocenters. The number of aromatic nitrogens is 1. The van der Waals surface area contributed by atoms with Crippen molar-refractivity contribution in [3.05, 3.63) is 84.9 Å². The molecule has 1 aliphatic heterocycles. The number of rotatable bonds is 8. The Kier molecular flexibility index (Phi) is 6.54. The van der Waals surface area contributed by atoms with E-state index in [2.05, 4.69) is 27.1 Å². The van der Waals surface area contributed by atoms with Crippen LogP contribution in [0.2, 0.25) is 0 Å². The fraction of sp³-hybridized carbons (Fsp3) is 0.160. The van der Waals surface area contributed by atoms with Crippen molar-refractivity contribution in [2.45, 2.75) is 12.5 Å². The summed E-state index contributed by atoms with van der Waals surface area (Å²) in [6.45, 7) is 4.84. The molecule has 0 spiro atoms. The Labute approximate surface area is 192 Å². The number of hydrogen-bond acceptors (Lipinski definition) is 6. The fourth-order valence-corrected chi connectivity index (χ4v) is 3.63. The molecule has 1 unspecified atom stereocenters. The molecule has 33 heavy (non-hydrogen) atoms. The van der Waals surface area contributed by atoms with Crippen molar-refractivity contribution in [3.8, 4) is 11.5 Å². The number of ether oxygens (including phenoxy) is 1. The minimum atomic E-state index is -0.571. The number of carbonyl (C=O) groups excluding carboxylic acids is 2. The number of carbonyl (C=O) groups is 2. The number of nitrogens with zero attached hydrogens (tertiary/aromatic N) is 2. The molecular formula is C25H25N5O3. The zero-order valence-corrected chi connectivity index (χ0v) is 18.0. The highest BCUT2D eigenvalue weighted by Crippen LogP contribution is 2.27. The van der Waals surface area contributed by atoms with Crippen molar-refractivity contribution in [2.24, 2.45) is 5.73 Å². The van der Waals surface area contributed by atoms with Gasteiger partial charge in [0.1, 0.15) is 23.1 Å². The Morgan fingerprint density at radius 3 is 2.48 bits per heavy atom. The summed E-state index contributed by atoms with van der Waals surface area (Å²) in [5.41, 5.74) is 6.59. The van der Waals surface area contributed by atoms with Gasteiger partial charge in [-0.05, 0) is 61.0 Å². The highest BCUT2D eigenvalue weighted by molar-refractivity contribution is 5.98. The monoisotopic (exact) mass is 443 g/mol. The van der Waals surface area contributed by atoms with E-state index in [4.69, 9.17) is 10.5 Å². The van der Waals surface area contributed by atoms with Crippen LogP contribution in [0.25, 0.3) is 0 Å². The summed E-state index contributed by atoms with van der Waals surface area (Å²) < 4.78 is 5.82. The van der Waals surface area contributed by atoms with Crippen LogP contribution < -0.4 is 26.0 Å². The Morgan fingerprint density at radius 1 is 1.06 bits per heavy atom. The lowest BCUT2D eigenvalue weighted by atomic mass is 10.2. The summed E-state index contributed by atoms with van der Waals surface area (Å²) in [7, 11) is 0. The van der Waals surface area contributed by atoms with Crippen LogP contribution in [0.1, 0.15) is 16.8 Å². The van der Waals surface area contributed by atoms with Crippen molar-refractivity contribution in [2.75, 3.05) is 23.3 Å². The third kappa shape index (κ3) is 5.48. The van der Waals surface area contributed by atoms with Crippen LogP contribution in [0.15, 0.2) is 79.4 Å². The van der Waals surface area contributed by atoms with Gasteiger partial charge in [-0.1, -0.05) is 24.8 Å². The Hall–Kier alpha value is -4.33. The lowest BCUT2D eigenvalue weighted by Crippen LogP contribution is -2.36. The molecule has 0 aliphatic carbocycles. The van der Waals surface area contributed by atoms with E-state index in [1.807, 2.05) is 54.6 Å². The van der Waals surface area contributed by atoms with Gasteiger partial charge in [0.05, 0.1) is 5.56 Å². The average Bonchev–Trinajstić information content (AvgIpc) is 3.29. The van der Waals surface area contributed by atoms with Crippen molar-refractivity contribution in [1.29, 1.82) is 0 Å². The molecular weight excluding hydrogens is 418 g/mol. The van der Waals surface area contributed by atoms with E-state index in [1.165, 1.54) is 6.08 Å². The Bertz CT molecular complexity index is 1150. The summed E-state index contributed by atoms with van der Waals surface area (Å²) in [6.07, 6.45) is 2.06. The molecule has 8 heteroatoms. The maximum absolute atomic E-state index is 12.0. The minimum Gasteiger partial charge on any atom is -0.457 e. The van der Waals surface area contributed by atoms with E-state index in [9.17, 15) is 9.59 Å². The summed E-state index contributed by atoms with van der Waals surface area (Å²) in [5.74, 6) is 1.74. The third-order valence-corrected chi connectivity index (χ3v) is 5.29. The van der Waals surface area contributed by atoms with Gasteiger partial charge in [-0.2, -0.15) is 0 Å². The molecule has 1 saturated heterocycles. The second-order valence-electron chi connectivity index (χ2n) is 7.64. The first-order valence-corrected chi connectivity index (χ1v) is 10.6. The highest BCUT2D eigenvalue weighted by atomic mass is 16.5. The lowest BCUT2D eigenvalue weighted by Gasteiger charge is -2.20. The van der Waals surface area contributed by atoms with Gasteiger partial charge in [0.2, 0.25) is 5.91 Å². The van der Waals surface area contributed by atoms with Gasteiger partial charge >= 0.3 is 0 Å². The second kappa shape index (κ2) is 9.86. The van der Waals surface area contributed by atoms with Gasteiger partial charge in [-0.3, -0.25) is 9.59 Å². The van der Waals surface area contributed by atoms with E-state index < -0.39 is 5.91 Å². The summed E-state index contributed by atoms with van der Waals surface area (Å²) >= 11 is 0. The number of primary amides is 1. The molecule has 1 aromatic heterocycles. The Morgan fingerprint density at radius 2 is 1.79 bits per heavy atom. The molecule has 2 amide bonds. The molecule has 0 bridgehead atoms. The predicted molar refractivity (Wildman–Crippen MR) is 128 cm³/mol. The van der Waals surface area contributed by atoms with E-state index in [0.717, 1.165) is 24.4 Å². The van der Waals surface area contributed by atoms with Gasteiger partial charge in [0.25, 0.3) is 5.91 Å². The molecule has 1 aliphatic rings. The molecule has 1 fully saturated rings. The number of benzene rings is 2. The van der Waals surface area contributed by atoms with Crippen LogP contribution in [0.3, 0.4) is 0 Å². The summed E-state index contributed by atoms with van der Waals surface area (Å²) in [5, 5.41) is 6.09. The zero-order chi connectivity index (χ0) is 23.2. The van der Waals surface area contributed by atoms with Crippen LogP contribution in [-0.2, 0) is 4.79 Å². The zero-order valence-electron chi connectivity index (χ0n) is 18.0. The smallest absolute Gasteiger partial charge is 0.252 e. The number of hydrogen-bond donors (Lipinski definition) is 3. The summed E-state index contributed by atoms with van der Waals surface area (Å²) in [4.78, 5) is 30.2. The number of nitrogens with one attached hydrogen (secondary N) is 2. The molecule has 8 nitrogen and oxygen atoms in total. The third-order valence-electron chi connectivity index (χ3n) is 5.29. The van der Waals surface area contributed by atoms with Gasteiger partial charge < -0.3 is 26.0 Å². The van der Waals surface area contributed by atoms with Gasteiger partial charge in [-0.25, -0.2) is 4.98 Å². The minimum absolute atomic E-state index is 0.0154. The van der Waals surface area contributed by atoms with E-state index >= 15 is 0 Å². The molecule has 168 valence electrons. The van der Waals surface area contributed by atoms with Gasteiger partial charge in [-0.15, -0.1) is 0 Å². The van der Waals surface area contributed by atoms with E-state index in [-0.39, 0.29) is 11.9 Å². The molecule has 0 saturated carbocycles. The van der Waals surface area contributed by atoms with Crippen LogP contribution in [0, 0.1) is 0 Å². The molecule has 4 rings (SSSR count). The molecule has 0 radical (unpaired) electrons. The molecule has 2 heterocycles. The number of nitrogens with two attached hydrogens (primary N) is 1. The van der Waals surface area contributed by atoms with Crippen LogP contribution in [0.5, 0.6) is 11.5 Å². The van der Waals surface area contributed by atoms with E-state index in [0.29, 0.717) is 29.5 Å². The average molecular weight is 444 g/mol. The van der Waals surface area contributed by atoms with Crippen LogP contribution >= 0.6 is 0 Å². The van der Waals surface area contributed by atoms with Gasteiger partial charge in [0, 0.05) is 24.8 Å². The molecule has 3 aromatic rings. The van der Waals surface area contributed by atoms with Crippen LogP contribution in [0.4, 0.5) is 17.3 Å². The fourth-order valence-electron chi connectivity index (χ4n) is 3.63. The summed E-state index contributed by atoms with van der Waals surface area (Å²) in [6, 6.07) is 20.3.